The zero-order chi connectivity index (χ0) is 10.1. The van der Waals surface area contributed by atoms with Crippen LogP contribution in [0.1, 0.15) is 51.4 Å². The molecule has 15 heavy (non-hydrogen) atoms. The molecule has 2 heteroatoms. The van der Waals surface area contributed by atoms with Gasteiger partial charge >= 0.3 is 0 Å². The van der Waals surface area contributed by atoms with Gasteiger partial charge in [0.05, 0.1) is 6.61 Å². The summed E-state index contributed by atoms with van der Waals surface area (Å²) in [4.78, 5) is 0. The van der Waals surface area contributed by atoms with Crippen LogP contribution in [0, 0.1) is 5.41 Å². The van der Waals surface area contributed by atoms with Crippen LogP contribution in [0.25, 0.3) is 0 Å². The van der Waals surface area contributed by atoms with Crippen LogP contribution in [0.3, 0.4) is 0 Å². The fourth-order valence-electron chi connectivity index (χ4n) is 3.43. The molecule has 0 aromatic rings. The summed E-state index contributed by atoms with van der Waals surface area (Å²) < 4.78 is 5.76. The van der Waals surface area contributed by atoms with Crippen molar-refractivity contribution in [2.24, 2.45) is 5.41 Å². The van der Waals surface area contributed by atoms with Crippen LogP contribution < -0.4 is 5.32 Å². The molecule has 3 rings (SSSR count). The molecule has 2 nitrogen and oxygen atoms in total. The Balaban J connectivity index is 1.69. The van der Waals surface area contributed by atoms with E-state index in [0.717, 1.165) is 25.3 Å². The van der Waals surface area contributed by atoms with E-state index < -0.39 is 0 Å². The minimum atomic E-state index is 0.513. The number of nitrogens with one attached hydrogen (secondary N) is 1. The van der Waals surface area contributed by atoms with Crippen molar-refractivity contribution < 1.29 is 4.74 Å². The van der Waals surface area contributed by atoms with Gasteiger partial charge in [0.1, 0.15) is 0 Å². The van der Waals surface area contributed by atoms with Gasteiger partial charge in [-0.15, -0.1) is 0 Å². The second-order valence-electron chi connectivity index (χ2n) is 5.76. The van der Waals surface area contributed by atoms with E-state index in [4.69, 9.17) is 4.74 Å². The molecule has 0 bridgehead atoms. The molecule has 3 aliphatic rings. The van der Waals surface area contributed by atoms with Crippen LogP contribution >= 0.6 is 0 Å². The first-order valence-electron chi connectivity index (χ1n) is 6.73. The molecule has 0 aromatic carbocycles. The molecule has 86 valence electrons. The van der Waals surface area contributed by atoms with Crippen molar-refractivity contribution in [3.05, 3.63) is 0 Å². The number of hydrogen-bond acceptors (Lipinski definition) is 2. The molecule has 1 atom stereocenters. The molecule has 1 saturated heterocycles. The fraction of sp³-hybridized carbons (Fsp3) is 1.00. The molecule has 3 fully saturated rings. The molecule has 1 spiro atoms. The van der Waals surface area contributed by atoms with Crippen molar-refractivity contribution in [2.75, 3.05) is 13.2 Å². The molecule has 0 aromatic heterocycles. The Morgan fingerprint density at radius 2 is 1.80 bits per heavy atom. The lowest BCUT2D eigenvalue weighted by molar-refractivity contribution is -0.0537. The van der Waals surface area contributed by atoms with Crippen molar-refractivity contribution in [1.82, 2.24) is 5.32 Å². The van der Waals surface area contributed by atoms with Crippen molar-refractivity contribution >= 4 is 0 Å². The summed E-state index contributed by atoms with van der Waals surface area (Å²) in [7, 11) is 0. The Bertz CT molecular complexity index is 210. The topological polar surface area (TPSA) is 21.3 Å². The lowest BCUT2D eigenvalue weighted by atomic mass is 9.67. The van der Waals surface area contributed by atoms with E-state index in [1.165, 1.54) is 51.4 Å². The Kier molecular flexibility index (Phi) is 2.73. The van der Waals surface area contributed by atoms with Gasteiger partial charge < -0.3 is 10.1 Å². The second kappa shape index (κ2) is 4.06. The molecule has 0 amide bonds. The molecule has 1 aliphatic heterocycles. The predicted molar refractivity (Wildman–Crippen MR) is 60.9 cm³/mol. The molecule has 2 aliphatic carbocycles. The summed E-state index contributed by atoms with van der Waals surface area (Å²) in [6.45, 7) is 2.00. The standard InChI is InChI=1S/C13H23NO/c1-2-7-13(8-3-1)10-15-9-6-12(13)14-11-4-5-11/h11-12,14H,1-10H2. The highest BCUT2D eigenvalue weighted by atomic mass is 16.5. The van der Waals surface area contributed by atoms with Crippen LogP contribution in [-0.4, -0.2) is 25.3 Å². The third-order valence-electron chi connectivity index (χ3n) is 4.54. The van der Waals surface area contributed by atoms with E-state index in [9.17, 15) is 0 Å². The van der Waals surface area contributed by atoms with Crippen LogP contribution in [-0.2, 0) is 4.74 Å². The van der Waals surface area contributed by atoms with E-state index >= 15 is 0 Å². The van der Waals surface area contributed by atoms with Crippen molar-refractivity contribution in [1.29, 1.82) is 0 Å². The predicted octanol–water partition coefficient (Wildman–Crippen LogP) is 2.48. The molecular formula is C13H23NO. The van der Waals surface area contributed by atoms with Gasteiger partial charge in [0.25, 0.3) is 0 Å². The monoisotopic (exact) mass is 209 g/mol. The summed E-state index contributed by atoms with van der Waals surface area (Å²) in [5.41, 5.74) is 0.513. The summed E-state index contributed by atoms with van der Waals surface area (Å²) in [6.07, 6.45) is 11.2. The fourth-order valence-corrected chi connectivity index (χ4v) is 3.43. The largest absolute Gasteiger partial charge is 0.381 e. The highest BCUT2D eigenvalue weighted by molar-refractivity contribution is 4.98. The van der Waals surface area contributed by atoms with E-state index in [1.807, 2.05) is 0 Å². The summed E-state index contributed by atoms with van der Waals surface area (Å²) in [5.74, 6) is 0. The first-order valence-corrected chi connectivity index (χ1v) is 6.73. The highest BCUT2D eigenvalue weighted by Gasteiger charge is 2.43. The van der Waals surface area contributed by atoms with Gasteiger partial charge in [-0.05, 0) is 32.1 Å². The summed E-state index contributed by atoms with van der Waals surface area (Å²) in [5, 5.41) is 3.87. The molecule has 0 radical (unpaired) electrons. The van der Waals surface area contributed by atoms with Gasteiger partial charge in [-0.1, -0.05) is 19.3 Å². The molecular weight excluding hydrogens is 186 g/mol. The number of rotatable bonds is 2. The van der Waals surface area contributed by atoms with E-state index in [-0.39, 0.29) is 0 Å². The van der Waals surface area contributed by atoms with Gasteiger partial charge in [-0.2, -0.15) is 0 Å². The zero-order valence-corrected chi connectivity index (χ0v) is 9.63. The molecule has 1 N–H and O–H groups in total. The highest BCUT2D eigenvalue weighted by Crippen LogP contribution is 2.43. The maximum absolute atomic E-state index is 5.76. The number of ether oxygens (including phenoxy) is 1. The third-order valence-corrected chi connectivity index (χ3v) is 4.54. The first-order chi connectivity index (χ1) is 7.39. The van der Waals surface area contributed by atoms with Gasteiger partial charge in [0.2, 0.25) is 0 Å². The summed E-state index contributed by atoms with van der Waals surface area (Å²) >= 11 is 0. The quantitative estimate of drug-likeness (QED) is 0.754. The average Bonchev–Trinajstić information content (AvgIpc) is 3.07. The normalized spacial score (nSPS) is 35.6. The average molecular weight is 209 g/mol. The Hall–Kier alpha value is -0.0800. The van der Waals surface area contributed by atoms with Crippen molar-refractivity contribution in [3.63, 3.8) is 0 Å². The second-order valence-corrected chi connectivity index (χ2v) is 5.76. The van der Waals surface area contributed by atoms with Gasteiger partial charge in [0, 0.05) is 24.1 Å². The van der Waals surface area contributed by atoms with Gasteiger partial charge in [-0.25, -0.2) is 0 Å². The van der Waals surface area contributed by atoms with Crippen LogP contribution in [0.5, 0.6) is 0 Å². The van der Waals surface area contributed by atoms with Crippen molar-refractivity contribution in [2.45, 2.75) is 63.5 Å². The molecule has 1 heterocycles. The maximum atomic E-state index is 5.76. The van der Waals surface area contributed by atoms with Crippen LogP contribution in [0.4, 0.5) is 0 Å². The lowest BCUT2D eigenvalue weighted by Gasteiger charge is -2.47. The third kappa shape index (κ3) is 2.07. The zero-order valence-electron chi connectivity index (χ0n) is 9.63. The van der Waals surface area contributed by atoms with E-state index in [1.54, 1.807) is 0 Å². The Morgan fingerprint density at radius 1 is 1.00 bits per heavy atom. The number of hydrogen-bond donors (Lipinski definition) is 1. The smallest absolute Gasteiger partial charge is 0.0537 e. The molecule has 2 saturated carbocycles. The maximum Gasteiger partial charge on any atom is 0.0537 e. The van der Waals surface area contributed by atoms with Gasteiger partial charge in [0.15, 0.2) is 0 Å². The SMILES string of the molecule is C1CCC2(CC1)COCCC2NC1CC1. The van der Waals surface area contributed by atoms with Crippen LogP contribution in [0.2, 0.25) is 0 Å². The first kappa shape index (κ1) is 10.1. The molecule has 1 unspecified atom stereocenters. The minimum absolute atomic E-state index is 0.513. The van der Waals surface area contributed by atoms with Gasteiger partial charge in [-0.3, -0.25) is 0 Å². The summed E-state index contributed by atoms with van der Waals surface area (Å²) in [6, 6.07) is 1.62. The van der Waals surface area contributed by atoms with Crippen molar-refractivity contribution in [3.8, 4) is 0 Å². The Morgan fingerprint density at radius 3 is 2.53 bits per heavy atom. The lowest BCUT2D eigenvalue weighted by Crippen LogP contribution is -2.53. The van der Waals surface area contributed by atoms with E-state index in [0.29, 0.717) is 5.41 Å². The van der Waals surface area contributed by atoms with Crippen LogP contribution in [0.15, 0.2) is 0 Å². The Labute approximate surface area is 92.8 Å². The minimum Gasteiger partial charge on any atom is -0.381 e. The van der Waals surface area contributed by atoms with E-state index in [2.05, 4.69) is 5.32 Å².